The summed E-state index contributed by atoms with van der Waals surface area (Å²) in [6.45, 7) is 9.77. The van der Waals surface area contributed by atoms with Crippen molar-refractivity contribution >= 4 is 0 Å². The lowest BCUT2D eigenvalue weighted by molar-refractivity contribution is 0.264. The van der Waals surface area contributed by atoms with Crippen LogP contribution < -0.4 is 5.73 Å². The van der Waals surface area contributed by atoms with E-state index in [4.69, 9.17) is 5.73 Å². The zero-order valence-electron chi connectivity index (χ0n) is 11.5. The van der Waals surface area contributed by atoms with Crippen LogP contribution in [0.2, 0.25) is 0 Å². The molecule has 0 radical (unpaired) electrons. The zero-order chi connectivity index (χ0) is 12.7. The van der Waals surface area contributed by atoms with Gasteiger partial charge in [-0.2, -0.15) is 0 Å². The van der Waals surface area contributed by atoms with Crippen LogP contribution in [0.15, 0.2) is 12.5 Å². The van der Waals surface area contributed by atoms with E-state index < -0.39 is 0 Å². The molecule has 1 saturated carbocycles. The fraction of sp³-hybridized carbons (Fsp3) is 0.786. The molecule has 0 saturated heterocycles. The van der Waals surface area contributed by atoms with Gasteiger partial charge in [-0.3, -0.25) is 0 Å². The Bertz CT molecular complexity index is 384. The normalized spacial score (nSPS) is 20.3. The summed E-state index contributed by atoms with van der Waals surface area (Å²) < 4.78 is 2.33. The highest BCUT2D eigenvalue weighted by Crippen LogP contribution is 2.44. The van der Waals surface area contributed by atoms with Gasteiger partial charge in [0.2, 0.25) is 0 Å². The van der Waals surface area contributed by atoms with Crippen molar-refractivity contribution in [1.29, 1.82) is 0 Å². The summed E-state index contributed by atoms with van der Waals surface area (Å²) >= 11 is 0. The van der Waals surface area contributed by atoms with Crippen LogP contribution in [0.5, 0.6) is 0 Å². The summed E-state index contributed by atoms with van der Waals surface area (Å²) in [5.74, 6) is 0.736. The third-order valence-electron chi connectivity index (χ3n) is 3.85. The monoisotopic (exact) mass is 235 g/mol. The molecule has 96 valence electrons. The molecule has 0 aromatic carbocycles. The second-order valence-electron chi connectivity index (χ2n) is 6.83. The number of hydrogen-bond donors (Lipinski definition) is 1. The maximum Gasteiger partial charge on any atom is 0.0953 e. The number of nitrogens with zero attached hydrogens (tertiary/aromatic N) is 2. The molecular formula is C14H25N3. The fourth-order valence-corrected chi connectivity index (χ4v) is 2.62. The van der Waals surface area contributed by atoms with E-state index in [0.717, 1.165) is 12.3 Å². The standard InChI is InChI=1S/C14H25N3/c1-13(2,3)7-12-8-16-10-17(12)14(4,9-15)11-5-6-11/h8,10-11H,5-7,9,15H2,1-4H3. The molecule has 2 rings (SSSR count). The minimum atomic E-state index is 0.0666. The smallest absolute Gasteiger partial charge is 0.0953 e. The minimum absolute atomic E-state index is 0.0666. The van der Waals surface area contributed by atoms with E-state index in [0.29, 0.717) is 6.54 Å². The van der Waals surface area contributed by atoms with Crippen LogP contribution in [0, 0.1) is 11.3 Å². The lowest BCUT2D eigenvalue weighted by Gasteiger charge is -2.33. The van der Waals surface area contributed by atoms with Crippen LogP contribution in [-0.2, 0) is 12.0 Å². The molecule has 1 atom stereocenters. The van der Waals surface area contributed by atoms with E-state index in [1.807, 2.05) is 12.5 Å². The van der Waals surface area contributed by atoms with E-state index >= 15 is 0 Å². The van der Waals surface area contributed by atoms with Crippen molar-refractivity contribution < 1.29 is 0 Å². The van der Waals surface area contributed by atoms with Crippen LogP contribution in [0.3, 0.4) is 0 Å². The Balaban J connectivity index is 2.29. The summed E-state index contributed by atoms with van der Waals surface area (Å²) in [5.41, 5.74) is 7.70. The van der Waals surface area contributed by atoms with E-state index in [1.54, 1.807) is 0 Å². The maximum absolute atomic E-state index is 6.02. The van der Waals surface area contributed by atoms with E-state index in [9.17, 15) is 0 Å². The Morgan fingerprint density at radius 3 is 2.47 bits per heavy atom. The molecule has 1 aliphatic carbocycles. The van der Waals surface area contributed by atoms with Crippen LogP contribution in [0.1, 0.15) is 46.2 Å². The van der Waals surface area contributed by atoms with Crippen molar-refractivity contribution in [3.05, 3.63) is 18.2 Å². The van der Waals surface area contributed by atoms with Gasteiger partial charge in [-0.1, -0.05) is 20.8 Å². The summed E-state index contributed by atoms with van der Waals surface area (Å²) in [6, 6.07) is 0. The van der Waals surface area contributed by atoms with Crippen LogP contribution in [0.25, 0.3) is 0 Å². The second-order valence-corrected chi connectivity index (χ2v) is 6.83. The van der Waals surface area contributed by atoms with Gasteiger partial charge < -0.3 is 10.3 Å². The zero-order valence-corrected chi connectivity index (χ0v) is 11.5. The molecular weight excluding hydrogens is 210 g/mol. The van der Waals surface area contributed by atoms with Gasteiger partial charge in [0.05, 0.1) is 11.9 Å². The minimum Gasteiger partial charge on any atom is -0.328 e. The average molecular weight is 235 g/mol. The molecule has 1 fully saturated rings. The molecule has 0 aliphatic heterocycles. The Labute approximate surface area is 104 Å². The molecule has 2 N–H and O–H groups in total. The van der Waals surface area contributed by atoms with E-state index in [2.05, 4.69) is 37.2 Å². The number of imidazole rings is 1. The van der Waals surface area contributed by atoms with Gasteiger partial charge in [0.15, 0.2) is 0 Å². The highest BCUT2D eigenvalue weighted by molar-refractivity contribution is 5.09. The SMILES string of the molecule is CC(C)(C)Cc1cncn1C(C)(CN)C1CC1. The van der Waals surface area contributed by atoms with Gasteiger partial charge in [-0.15, -0.1) is 0 Å². The Morgan fingerprint density at radius 2 is 2.00 bits per heavy atom. The Morgan fingerprint density at radius 1 is 1.35 bits per heavy atom. The van der Waals surface area contributed by atoms with E-state index in [1.165, 1.54) is 18.5 Å². The number of hydrogen-bond acceptors (Lipinski definition) is 2. The van der Waals surface area contributed by atoms with Crippen LogP contribution in [-0.4, -0.2) is 16.1 Å². The van der Waals surface area contributed by atoms with Crippen molar-refractivity contribution in [2.45, 2.75) is 52.5 Å². The molecule has 3 heteroatoms. The first kappa shape index (κ1) is 12.6. The van der Waals surface area contributed by atoms with E-state index in [-0.39, 0.29) is 11.0 Å². The molecule has 1 unspecified atom stereocenters. The Kier molecular flexibility index (Phi) is 3.06. The van der Waals surface area contributed by atoms with Crippen molar-refractivity contribution in [3.8, 4) is 0 Å². The fourth-order valence-electron chi connectivity index (χ4n) is 2.62. The molecule has 0 amide bonds. The summed E-state index contributed by atoms with van der Waals surface area (Å²) in [4.78, 5) is 4.34. The largest absolute Gasteiger partial charge is 0.328 e. The number of nitrogens with two attached hydrogens (primary N) is 1. The van der Waals surface area contributed by atoms with Gasteiger partial charge in [0, 0.05) is 18.4 Å². The highest BCUT2D eigenvalue weighted by atomic mass is 15.1. The predicted octanol–water partition coefficient (Wildman–Crippen LogP) is 2.56. The third kappa shape index (κ3) is 2.54. The summed E-state index contributed by atoms with van der Waals surface area (Å²) in [5, 5.41) is 0. The van der Waals surface area contributed by atoms with Gasteiger partial charge in [-0.05, 0) is 37.5 Å². The summed E-state index contributed by atoms with van der Waals surface area (Å²) in [6.07, 6.45) is 7.63. The first-order valence-electron chi connectivity index (χ1n) is 6.58. The third-order valence-corrected chi connectivity index (χ3v) is 3.85. The van der Waals surface area contributed by atoms with Gasteiger partial charge in [-0.25, -0.2) is 4.98 Å². The molecule has 0 bridgehead atoms. The number of aromatic nitrogens is 2. The van der Waals surface area contributed by atoms with Crippen molar-refractivity contribution in [1.82, 2.24) is 9.55 Å². The summed E-state index contributed by atoms with van der Waals surface area (Å²) in [7, 11) is 0. The van der Waals surface area contributed by atoms with Gasteiger partial charge >= 0.3 is 0 Å². The van der Waals surface area contributed by atoms with Crippen molar-refractivity contribution in [2.24, 2.45) is 17.1 Å². The topological polar surface area (TPSA) is 43.8 Å². The molecule has 1 aromatic rings. The molecule has 17 heavy (non-hydrogen) atoms. The Hall–Kier alpha value is -0.830. The van der Waals surface area contributed by atoms with Gasteiger partial charge in [0.1, 0.15) is 0 Å². The van der Waals surface area contributed by atoms with Crippen LogP contribution in [0.4, 0.5) is 0 Å². The van der Waals surface area contributed by atoms with Crippen molar-refractivity contribution in [3.63, 3.8) is 0 Å². The lowest BCUT2D eigenvalue weighted by atomic mass is 9.89. The molecule has 3 nitrogen and oxygen atoms in total. The second kappa shape index (κ2) is 4.13. The molecule has 1 heterocycles. The molecule has 1 aromatic heterocycles. The average Bonchev–Trinajstić information content (AvgIpc) is 2.98. The maximum atomic E-state index is 6.02. The highest BCUT2D eigenvalue weighted by Gasteiger charge is 2.42. The number of rotatable bonds is 4. The van der Waals surface area contributed by atoms with Gasteiger partial charge in [0.25, 0.3) is 0 Å². The lowest BCUT2D eigenvalue weighted by Crippen LogP contribution is -2.41. The quantitative estimate of drug-likeness (QED) is 0.871. The predicted molar refractivity (Wildman–Crippen MR) is 70.8 cm³/mol. The van der Waals surface area contributed by atoms with Crippen molar-refractivity contribution in [2.75, 3.05) is 6.54 Å². The first-order chi connectivity index (χ1) is 7.87. The first-order valence-corrected chi connectivity index (χ1v) is 6.58. The van der Waals surface area contributed by atoms with Crippen LogP contribution >= 0.6 is 0 Å². The molecule has 1 aliphatic rings. The molecule has 0 spiro atoms.